The number of halogens is 1. The summed E-state index contributed by atoms with van der Waals surface area (Å²) in [4.78, 5) is 13.5. The van der Waals surface area contributed by atoms with E-state index in [2.05, 4.69) is 19.2 Å². The predicted molar refractivity (Wildman–Crippen MR) is 75.0 cm³/mol. The Kier molecular flexibility index (Phi) is 9.27. The Labute approximate surface area is 122 Å². The molecular weight excluding hydrogens is 260 g/mol. The normalized spacial score (nSPS) is 10.1. The quantitative estimate of drug-likeness (QED) is 0.561. The maximum atomic E-state index is 11.9. The van der Waals surface area contributed by atoms with Crippen LogP contribution in [-0.2, 0) is 0 Å². The van der Waals surface area contributed by atoms with Crippen LogP contribution in [-0.4, -0.2) is 32.1 Å². The van der Waals surface area contributed by atoms with E-state index < -0.39 is 0 Å². The largest absolute Gasteiger partial charge is 1.00 e. The van der Waals surface area contributed by atoms with Gasteiger partial charge >= 0.3 is 0 Å². The first kappa shape index (κ1) is 17.9. The zero-order valence-corrected chi connectivity index (χ0v) is 12.9. The monoisotopic (exact) mass is 284 g/mol. The molecule has 1 aromatic carbocycles. The topological polar surface area (TPSA) is 33.5 Å². The van der Waals surface area contributed by atoms with Gasteiger partial charge in [-0.1, -0.05) is 18.2 Å². The Morgan fingerprint density at radius 2 is 1.84 bits per heavy atom. The lowest BCUT2D eigenvalue weighted by atomic mass is 10.1. The summed E-state index contributed by atoms with van der Waals surface area (Å²) < 4.78 is 0. The Morgan fingerprint density at radius 1 is 1.21 bits per heavy atom. The van der Waals surface area contributed by atoms with E-state index >= 15 is 0 Å². The van der Waals surface area contributed by atoms with E-state index in [0.717, 1.165) is 43.7 Å². The van der Waals surface area contributed by atoms with E-state index in [0.29, 0.717) is 0 Å². The number of benzene rings is 1. The molecule has 0 radical (unpaired) electrons. The van der Waals surface area contributed by atoms with Crippen LogP contribution in [0.5, 0.6) is 0 Å². The van der Waals surface area contributed by atoms with Crippen LogP contribution in [0.2, 0.25) is 0 Å². The van der Waals surface area contributed by atoms with Gasteiger partial charge in [0.15, 0.2) is 0 Å². The molecule has 0 bridgehead atoms. The summed E-state index contributed by atoms with van der Waals surface area (Å²) in [6.07, 6.45) is 1.04. The van der Waals surface area contributed by atoms with Crippen LogP contribution in [0.1, 0.15) is 36.2 Å². The molecule has 1 aromatic rings. The van der Waals surface area contributed by atoms with Crippen molar-refractivity contribution in [2.45, 2.75) is 27.2 Å². The van der Waals surface area contributed by atoms with Crippen molar-refractivity contribution in [2.24, 2.45) is 0 Å². The summed E-state index contributed by atoms with van der Waals surface area (Å²) in [5.74, 6) is 0.0441. The third-order valence-corrected chi connectivity index (χ3v) is 3.38. The van der Waals surface area contributed by atoms with Crippen LogP contribution in [0.4, 0.5) is 0 Å². The number of rotatable bonds is 7. The number of amides is 1. The number of hydrogen-bond acceptors (Lipinski definition) is 1. The van der Waals surface area contributed by atoms with E-state index in [9.17, 15) is 4.79 Å². The molecule has 0 saturated carbocycles. The Morgan fingerprint density at radius 3 is 2.42 bits per heavy atom. The van der Waals surface area contributed by atoms with Gasteiger partial charge in [-0.15, -0.1) is 0 Å². The summed E-state index contributed by atoms with van der Waals surface area (Å²) in [5.41, 5.74) is 1.82. The van der Waals surface area contributed by atoms with Crippen molar-refractivity contribution in [3.05, 3.63) is 35.4 Å². The number of nitrogens with one attached hydrogen (secondary N) is 2. The smallest absolute Gasteiger partial charge is 0.251 e. The summed E-state index contributed by atoms with van der Waals surface area (Å²) >= 11 is 0. The lowest BCUT2D eigenvalue weighted by Crippen LogP contribution is -3.11. The van der Waals surface area contributed by atoms with Crippen molar-refractivity contribution in [3.8, 4) is 0 Å². The van der Waals surface area contributed by atoms with E-state index in [1.165, 1.54) is 0 Å². The van der Waals surface area contributed by atoms with Crippen molar-refractivity contribution in [2.75, 3.05) is 26.2 Å². The Hall–Kier alpha value is -1.06. The van der Waals surface area contributed by atoms with Crippen LogP contribution in [0.3, 0.4) is 0 Å². The number of aryl methyl sites for hydroxylation is 1. The minimum atomic E-state index is 0. The first-order chi connectivity index (χ1) is 8.69. The van der Waals surface area contributed by atoms with Crippen molar-refractivity contribution in [1.82, 2.24) is 5.32 Å². The molecule has 1 rings (SSSR count). The van der Waals surface area contributed by atoms with Gasteiger partial charge in [0.25, 0.3) is 5.91 Å². The van der Waals surface area contributed by atoms with E-state index in [-0.39, 0.29) is 18.3 Å². The summed E-state index contributed by atoms with van der Waals surface area (Å²) in [7, 11) is 0. The molecule has 0 atom stereocenters. The first-order valence-electron chi connectivity index (χ1n) is 6.86. The average molecular weight is 285 g/mol. The van der Waals surface area contributed by atoms with E-state index in [1.807, 2.05) is 31.2 Å². The van der Waals surface area contributed by atoms with Crippen LogP contribution in [0, 0.1) is 6.92 Å². The highest BCUT2D eigenvalue weighted by atomic mass is 35.5. The number of carbonyl (C=O) groups is 1. The van der Waals surface area contributed by atoms with Gasteiger partial charge < -0.3 is 22.6 Å². The molecule has 0 unspecified atom stereocenters. The van der Waals surface area contributed by atoms with Crippen molar-refractivity contribution < 1.29 is 22.1 Å². The van der Waals surface area contributed by atoms with E-state index in [1.54, 1.807) is 4.90 Å². The van der Waals surface area contributed by atoms with Gasteiger partial charge in [-0.05, 0) is 32.4 Å². The van der Waals surface area contributed by atoms with Gasteiger partial charge in [-0.2, -0.15) is 0 Å². The van der Waals surface area contributed by atoms with Crippen LogP contribution < -0.4 is 22.6 Å². The molecule has 2 N–H and O–H groups in total. The maximum absolute atomic E-state index is 11.9. The summed E-state index contributed by atoms with van der Waals surface area (Å²) in [5, 5.41) is 2.99. The molecule has 0 aliphatic heterocycles. The van der Waals surface area contributed by atoms with Crippen LogP contribution in [0.15, 0.2) is 24.3 Å². The number of carbonyl (C=O) groups excluding carboxylic acids is 1. The van der Waals surface area contributed by atoms with Gasteiger partial charge in [0.1, 0.15) is 0 Å². The Bertz CT molecular complexity index is 378. The second-order valence-corrected chi connectivity index (χ2v) is 4.63. The second kappa shape index (κ2) is 9.82. The van der Waals surface area contributed by atoms with Gasteiger partial charge in [-0.3, -0.25) is 4.79 Å². The summed E-state index contributed by atoms with van der Waals surface area (Å²) in [6.45, 7) is 10.6. The molecule has 0 aliphatic carbocycles. The lowest BCUT2D eigenvalue weighted by Gasteiger charge is -2.15. The van der Waals surface area contributed by atoms with Crippen LogP contribution >= 0.6 is 0 Å². The molecule has 0 spiro atoms. The number of quaternary nitrogens is 1. The molecule has 1 amide bonds. The molecule has 4 heteroatoms. The molecule has 3 nitrogen and oxygen atoms in total. The molecular formula is C15H25ClN2O. The van der Waals surface area contributed by atoms with Crippen LogP contribution in [0.25, 0.3) is 0 Å². The van der Waals surface area contributed by atoms with Gasteiger partial charge in [0.2, 0.25) is 0 Å². The molecule has 0 saturated heterocycles. The lowest BCUT2D eigenvalue weighted by molar-refractivity contribution is -0.896. The standard InChI is InChI=1S/C15H24N2O.ClH/c1-4-17(5-2)12-8-11-16-15(18)14-10-7-6-9-13(14)3;/h6-7,9-10H,4-5,8,11-12H2,1-3H3,(H,16,18);1H. The third kappa shape index (κ3) is 6.08. The molecule has 0 aromatic heterocycles. The SMILES string of the molecule is CC[NH+](CC)CCCNC(=O)c1ccccc1C.[Cl-]. The predicted octanol–water partition coefficient (Wildman–Crippen LogP) is -1.96. The highest BCUT2D eigenvalue weighted by molar-refractivity contribution is 5.95. The first-order valence-corrected chi connectivity index (χ1v) is 6.86. The molecule has 108 valence electrons. The highest BCUT2D eigenvalue weighted by Crippen LogP contribution is 2.06. The van der Waals surface area contributed by atoms with Gasteiger partial charge in [0.05, 0.1) is 19.6 Å². The molecule has 0 heterocycles. The highest BCUT2D eigenvalue weighted by Gasteiger charge is 2.07. The minimum absolute atomic E-state index is 0. The van der Waals surface area contributed by atoms with Crippen molar-refractivity contribution >= 4 is 5.91 Å². The fourth-order valence-electron chi connectivity index (χ4n) is 2.07. The van der Waals surface area contributed by atoms with Gasteiger partial charge in [0, 0.05) is 18.5 Å². The fourth-order valence-corrected chi connectivity index (χ4v) is 2.07. The molecule has 0 fully saturated rings. The van der Waals surface area contributed by atoms with Crippen molar-refractivity contribution in [1.29, 1.82) is 0 Å². The molecule has 19 heavy (non-hydrogen) atoms. The minimum Gasteiger partial charge on any atom is -1.00 e. The van der Waals surface area contributed by atoms with E-state index in [4.69, 9.17) is 0 Å². The third-order valence-electron chi connectivity index (χ3n) is 3.38. The zero-order valence-electron chi connectivity index (χ0n) is 12.1. The summed E-state index contributed by atoms with van der Waals surface area (Å²) in [6, 6.07) is 7.70. The number of hydrogen-bond donors (Lipinski definition) is 2. The second-order valence-electron chi connectivity index (χ2n) is 4.63. The molecule has 0 aliphatic rings. The zero-order chi connectivity index (χ0) is 13.4. The fraction of sp³-hybridized carbons (Fsp3) is 0.533. The Balaban J connectivity index is 0.00000324. The average Bonchev–Trinajstić information content (AvgIpc) is 2.39. The maximum Gasteiger partial charge on any atom is 0.251 e. The van der Waals surface area contributed by atoms with Crippen molar-refractivity contribution in [3.63, 3.8) is 0 Å². The van der Waals surface area contributed by atoms with Gasteiger partial charge in [-0.25, -0.2) is 0 Å².